The summed E-state index contributed by atoms with van der Waals surface area (Å²) in [6, 6.07) is 5.66. The zero-order valence-corrected chi connectivity index (χ0v) is 15.0. The van der Waals surface area contributed by atoms with Gasteiger partial charge in [-0.05, 0) is 43.7 Å². The van der Waals surface area contributed by atoms with Gasteiger partial charge in [-0.25, -0.2) is 4.79 Å². The first-order valence-electron chi connectivity index (χ1n) is 8.83. The van der Waals surface area contributed by atoms with Gasteiger partial charge >= 0.3 is 6.03 Å². The van der Waals surface area contributed by atoms with Crippen LogP contribution in [0.4, 0.5) is 16.2 Å². The molecule has 0 bridgehead atoms. The number of hydrogen-bond acceptors (Lipinski definition) is 4. The maximum atomic E-state index is 12.0. The molecule has 6 heteroatoms. The van der Waals surface area contributed by atoms with E-state index in [2.05, 4.69) is 39.5 Å². The van der Waals surface area contributed by atoms with Gasteiger partial charge in [0, 0.05) is 37.6 Å². The Kier molecular flexibility index (Phi) is 6.87. The van der Waals surface area contributed by atoms with E-state index in [1.165, 1.54) is 5.69 Å². The predicted molar refractivity (Wildman–Crippen MR) is 98.8 cm³/mol. The summed E-state index contributed by atoms with van der Waals surface area (Å²) in [7, 11) is 0. The molecular weight excluding hydrogens is 304 g/mol. The lowest BCUT2D eigenvalue weighted by molar-refractivity contribution is 0.222. The summed E-state index contributed by atoms with van der Waals surface area (Å²) >= 11 is 0. The van der Waals surface area contributed by atoms with Gasteiger partial charge in [-0.15, -0.1) is 0 Å². The SMILES string of the molecule is CCC(CO)NC(=O)Nc1ccc(N2CCN(CC)CC2)cc1C. The second-order valence-corrected chi connectivity index (χ2v) is 6.31. The third-order valence-corrected chi connectivity index (χ3v) is 4.69. The molecule has 1 fully saturated rings. The molecule has 1 aromatic carbocycles. The second kappa shape index (κ2) is 8.89. The molecule has 1 aliphatic heterocycles. The average molecular weight is 334 g/mol. The van der Waals surface area contributed by atoms with Crippen LogP contribution in [0.1, 0.15) is 25.8 Å². The summed E-state index contributed by atoms with van der Waals surface area (Å²) in [6.45, 7) is 11.5. The fourth-order valence-electron chi connectivity index (χ4n) is 2.93. The normalized spacial score (nSPS) is 16.8. The number of nitrogens with one attached hydrogen (secondary N) is 2. The smallest absolute Gasteiger partial charge is 0.319 e. The number of aliphatic hydroxyl groups is 1. The van der Waals surface area contributed by atoms with Gasteiger partial charge in [0.1, 0.15) is 0 Å². The third kappa shape index (κ3) is 4.85. The molecule has 24 heavy (non-hydrogen) atoms. The summed E-state index contributed by atoms with van der Waals surface area (Å²) < 4.78 is 0. The number of rotatable bonds is 6. The molecule has 6 nitrogen and oxygen atoms in total. The van der Waals surface area contributed by atoms with Crippen LogP contribution >= 0.6 is 0 Å². The van der Waals surface area contributed by atoms with Crippen LogP contribution in [-0.2, 0) is 0 Å². The number of carbonyl (C=O) groups is 1. The van der Waals surface area contributed by atoms with Crippen LogP contribution in [0.2, 0.25) is 0 Å². The number of urea groups is 1. The Balaban J connectivity index is 1.96. The van der Waals surface area contributed by atoms with Crippen molar-refractivity contribution in [2.24, 2.45) is 0 Å². The van der Waals surface area contributed by atoms with E-state index in [1.807, 2.05) is 19.9 Å². The van der Waals surface area contributed by atoms with E-state index in [1.54, 1.807) is 0 Å². The standard InChI is InChI=1S/C18H30N4O2/c1-4-15(13-23)19-18(24)20-17-7-6-16(12-14(17)3)22-10-8-21(5-2)9-11-22/h6-7,12,15,23H,4-5,8-11,13H2,1-3H3,(H2,19,20,24). The first-order chi connectivity index (χ1) is 11.6. The summed E-state index contributed by atoms with van der Waals surface area (Å²) in [5, 5.41) is 14.8. The van der Waals surface area contributed by atoms with Gasteiger partial charge in [-0.1, -0.05) is 13.8 Å². The molecule has 0 aliphatic carbocycles. The fraction of sp³-hybridized carbons (Fsp3) is 0.611. The third-order valence-electron chi connectivity index (χ3n) is 4.69. The Morgan fingerprint density at radius 3 is 2.50 bits per heavy atom. The first-order valence-corrected chi connectivity index (χ1v) is 8.83. The highest BCUT2D eigenvalue weighted by molar-refractivity contribution is 5.90. The number of piperazine rings is 1. The molecule has 0 radical (unpaired) electrons. The molecule has 2 amide bonds. The molecule has 0 saturated carbocycles. The Hall–Kier alpha value is -1.79. The molecule has 1 aromatic rings. The highest BCUT2D eigenvalue weighted by Gasteiger charge is 2.17. The zero-order valence-electron chi connectivity index (χ0n) is 15.0. The number of aryl methyl sites for hydroxylation is 1. The van der Waals surface area contributed by atoms with Crippen molar-refractivity contribution in [1.29, 1.82) is 0 Å². The number of amides is 2. The van der Waals surface area contributed by atoms with Crippen molar-refractivity contribution in [2.75, 3.05) is 49.5 Å². The van der Waals surface area contributed by atoms with Gasteiger partial charge in [-0.3, -0.25) is 0 Å². The molecule has 2 rings (SSSR count). The Bertz CT molecular complexity index is 538. The van der Waals surface area contributed by atoms with E-state index in [9.17, 15) is 4.79 Å². The molecule has 1 atom stereocenters. The van der Waals surface area contributed by atoms with E-state index in [0.717, 1.165) is 44.0 Å². The van der Waals surface area contributed by atoms with Gasteiger partial charge in [-0.2, -0.15) is 0 Å². The largest absolute Gasteiger partial charge is 0.394 e. The lowest BCUT2D eigenvalue weighted by atomic mass is 10.1. The van der Waals surface area contributed by atoms with Crippen LogP contribution in [0.3, 0.4) is 0 Å². The molecule has 134 valence electrons. The molecular formula is C18H30N4O2. The lowest BCUT2D eigenvalue weighted by Gasteiger charge is -2.35. The first kappa shape index (κ1) is 18.5. The van der Waals surface area contributed by atoms with E-state index >= 15 is 0 Å². The van der Waals surface area contributed by atoms with Crippen LogP contribution < -0.4 is 15.5 Å². The van der Waals surface area contributed by atoms with Crippen LogP contribution in [0, 0.1) is 6.92 Å². The van der Waals surface area contributed by atoms with Crippen LogP contribution in [0.5, 0.6) is 0 Å². The maximum Gasteiger partial charge on any atom is 0.319 e. The summed E-state index contributed by atoms with van der Waals surface area (Å²) in [6.07, 6.45) is 0.700. The van der Waals surface area contributed by atoms with Crippen LogP contribution in [0.15, 0.2) is 18.2 Å². The topological polar surface area (TPSA) is 67.8 Å². The number of hydrogen-bond donors (Lipinski definition) is 3. The molecule has 3 N–H and O–H groups in total. The second-order valence-electron chi connectivity index (χ2n) is 6.31. The summed E-state index contributed by atoms with van der Waals surface area (Å²) in [5.74, 6) is 0. The number of anilines is 2. The summed E-state index contributed by atoms with van der Waals surface area (Å²) in [5.41, 5.74) is 3.05. The van der Waals surface area contributed by atoms with E-state index in [0.29, 0.717) is 6.42 Å². The van der Waals surface area contributed by atoms with Gasteiger partial charge in [0.2, 0.25) is 0 Å². The molecule has 0 aromatic heterocycles. The quantitative estimate of drug-likeness (QED) is 0.745. The van der Waals surface area contributed by atoms with Crippen LogP contribution in [0.25, 0.3) is 0 Å². The number of aliphatic hydroxyl groups excluding tert-OH is 1. The minimum Gasteiger partial charge on any atom is -0.394 e. The number of carbonyl (C=O) groups excluding carboxylic acids is 1. The average Bonchev–Trinajstić information content (AvgIpc) is 2.61. The van der Waals surface area contributed by atoms with Crippen molar-refractivity contribution in [1.82, 2.24) is 10.2 Å². The zero-order chi connectivity index (χ0) is 17.5. The Morgan fingerprint density at radius 2 is 1.96 bits per heavy atom. The van der Waals surface area contributed by atoms with E-state index < -0.39 is 0 Å². The van der Waals surface area contributed by atoms with Crippen molar-refractivity contribution in [3.63, 3.8) is 0 Å². The van der Waals surface area contributed by atoms with E-state index in [4.69, 9.17) is 5.11 Å². The number of benzene rings is 1. The lowest BCUT2D eigenvalue weighted by Crippen LogP contribution is -2.46. The van der Waals surface area contributed by atoms with Crippen LogP contribution in [-0.4, -0.2) is 61.4 Å². The fourth-order valence-corrected chi connectivity index (χ4v) is 2.93. The summed E-state index contributed by atoms with van der Waals surface area (Å²) in [4.78, 5) is 16.8. The highest BCUT2D eigenvalue weighted by Crippen LogP contribution is 2.23. The van der Waals surface area contributed by atoms with E-state index in [-0.39, 0.29) is 18.7 Å². The molecule has 1 aliphatic rings. The predicted octanol–water partition coefficient (Wildman–Crippen LogP) is 2.03. The monoisotopic (exact) mass is 334 g/mol. The molecule has 1 saturated heterocycles. The molecule has 1 unspecified atom stereocenters. The number of nitrogens with zero attached hydrogens (tertiary/aromatic N) is 2. The van der Waals surface area contributed by atoms with Gasteiger partial charge in [0.15, 0.2) is 0 Å². The van der Waals surface area contributed by atoms with Crippen molar-refractivity contribution in [3.8, 4) is 0 Å². The molecule has 0 spiro atoms. The van der Waals surface area contributed by atoms with Gasteiger partial charge in [0.25, 0.3) is 0 Å². The van der Waals surface area contributed by atoms with Crippen molar-refractivity contribution in [2.45, 2.75) is 33.2 Å². The van der Waals surface area contributed by atoms with Crippen molar-refractivity contribution >= 4 is 17.4 Å². The van der Waals surface area contributed by atoms with Gasteiger partial charge in [0.05, 0.1) is 12.6 Å². The number of likely N-dealkylation sites (N-methyl/N-ethyl adjacent to an activating group) is 1. The van der Waals surface area contributed by atoms with Crippen molar-refractivity contribution < 1.29 is 9.90 Å². The van der Waals surface area contributed by atoms with Crippen molar-refractivity contribution in [3.05, 3.63) is 23.8 Å². The Morgan fingerprint density at radius 1 is 1.25 bits per heavy atom. The van der Waals surface area contributed by atoms with Gasteiger partial charge < -0.3 is 25.5 Å². The minimum absolute atomic E-state index is 0.0500. The maximum absolute atomic E-state index is 12.0. The Labute approximate surface area is 144 Å². The molecule has 1 heterocycles. The minimum atomic E-state index is -0.275. The highest BCUT2D eigenvalue weighted by atomic mass is 16.3.